The maximum atomic E-state index is 12.8. The molecule has 0 spiro atoms. The number of carbonyl (C=O) groups excluding carboxylic acids is 2. The molecule has 7 heteroatoms. The van der Waals surface area contributed by atoms with E-state index < -0.39 is 0 Å². The van der Waals surface area contributed by atoms with Gasteiger partial charge in [-0.3, -0.25) is 9.59 Å². The molecule has 2 amide bonds. The summed E-state index contributed by atoms with van der Waals surface area (Å²) in [5.74, 6) is -0.0462. The minimum absolute atomic E-state index is 0.0454. The molecule has 5 rings (SSSR count). The average Bonchev–Trinajstić information content (AvgIpc) is 3.21. The van der Waals surface area contributed by atoms with Crippen LogP contribution in [0.2, 0.25) is 5.02 Å². The lowest BCUT2D eigenvalue weighted by molar-refractivity contribution is -0.134. The molecule has 0 bridgehead atoms. The zero-order valence-electron chi connectivity index (χ0n) is 19.1. The van der Waals surface area contributed by atoms with Crippen LogP contribution in [0.1, 0.15) is 36.0 Å². The molecule has 1 aromatic heterocycles. The van der Waals surface area contributed by atoms with E-state index in [0.29, 0.717) is 23.7 Å². The Hall–Kier alpha value is -3.25. The second-order valence-corrected chi connectivity index (χ2v) is 9.65. The Balaban J connectivity index is 1.15. The molecular formula is C27H28ClN3O3. The molecule has 1 saturated carbocycles. The smallest absolute Gasteiger partial charge is 0.286 e. The Kier molecular flexibility index (Phi) is 6.33. The number of nitrogens with one attached hydrogen (secondary N) is 3. The fourth-order valence-corrected chi connectivity index (χ4v) is 5.14. The Bertz CT molecular complexity index is 1260. The van der Waals surface area contributed by atoms with Gasteiger partial charge in [0.1, 0.15) is 6.10 Å². The minimum Gasteiger partial charge on any atom is -0.483 e. The van der Waals surface area contributed by atoms with E-state index in [9.17, 15) is 9.59 Å². The summed E-state index contributed by atoms with van der Waals surface area (Å²) in [6.07, 6.45) is 6.41. The molecule has 34 heavy (non-hydrogen) atoms. The van der Waals surface area contributed by atoms with Crippen molar-refractivity contribution >= 4 is 40.4 Å². The van der Waals surface area contributed by atoms with Crippen LogP contribution in [0.5, 0.6) is 0 Å². The van der Waals surface area contributed by atoms with Crippen LogP contribution < -0.4 is 10.6 Å². The molecule has 0 radical (unpaired) electrons. The van der Waals surface area contributed by atoms with E-state index in [0.717, 1.165) is 30.3 Å². The SMILES string of the molecule is Cc1ccc2[nH]cc(CCNC(=O)C3CCC4O/C(=C\c5cccc(Cl)c5)C(=O)NC4C3)c2c1. The fraction of sp³-hybridized carbons (Fsp3) is 0.333. The number of carbonyl (C=O) groups is 2. The lowest BCUT2D eigenvalue weighted by Gasteiger charge is -2.39. The van der Waals surface area contributed by atoms with E-state index in [-0.39, 0.29) is 29.9 Å². The predicted molar refractivity (Wildman–Crippen MR) is 133 cm³/mol. The van der Waals surface area contributed by atoms with Crippen molar-refractivity contribution in [1.29, 1.82) is 0 Å². The first-order valence-corrected chi connectivity index (χ1v) is 12.1. The zero-order chi connectivity index (χ0) is 23.7. The molecule has 3 unspecified atom stereocenters. The predicted octanol–water partition coefficient (Wildman–Crippen LogP) is 4.51. The Labute approximate surface area is 203 Å². The van der Waals surface area contributed by atoms with Gasteiger partial charge in [0.05, 0.1) is 6.04 Å². The summed E-state index contributed by atoms with van der Waals surface area (Å²) in [5, 5.41) is 7.95. The Morgan fingerprint density at radius 2 is 2.12 bits per heavy atom. The van der Waals surface area contributed by atoms with Crippen LogP contribution in [0, 0.1) is 12.8 Å². The molecule has 2 aromatic carbocycles. The number of hydrogen-bond acceptors (Lipinski definition) is 3. The van der Waals surface area contributed by atoms with Crippen molar-refractivity contribution in [2.45, 2.75) is 44.8 Å². The molecule has 6 nitrogen and oxygen atoms in total. The van der Waals surface area contributed by atoms with E-state index >= 15 is 0 Å². The maximum absolute atomic E-state index is 12.8. The Morgan fingerprint density at radius 3 is 2.97 bits per heavy atom. The van der Waals surface area contributed by atoms with Gasteiger partial charge in [0.25, 0.3) is 5.91 Å². The van der Waals surface area contributed by atoms with Crippen LogP contribution >= 0.6 is 11.6 Å². The van der Waals surface area contributed by atoms with Crippen molar-refractivity contribution in [2.24, 2.45) is 5.92 Å². The third-order valence-corrected chi connectivity index (χ3v) is 6.97. The lowest BCUT2D eigenvalue weighted by atomic mass is 9.82. The Morgan fingerprint density at radius 1 is 1.24 bits per heavy atom. The number of H-pyrrole nitrogens is 1. The summed E-state index contributed by atoms with van der Waals surface area (Å²) in [5.41, 5.74) is 4.35. The lowest BCUT2D eigenvalue weighted by Crippen LogP contribution is -2.54. The van der Waals surface area contributed by atoms with Gasteiger partial charge in [-0.1, -0.05) is 35.4 Å². The fourth-order valence-electron chi connectivity index (χ4n) is 4.94. The molecule has 1 aliphatic carbocycles. The molecular weight excluding hydrogens is 450 g/mol. The first kappa shape index (κ1) is 22.5. The summed E-state index contributed by atoms with van der Waals surface area (Å²) >= 11 is 6.04. The summed E-state index contributed by atoms with van der Waals surface area (Å²) in [7, 11) is 0. The van der Waals surface area contributed by atoms with Crippen molar-refractivity contribution < 1.29 is 14.3 Å². The summed E-state index contributed by atoms with van der Waals surface area (Å²) in [4.78, 5) is 28.7. The quantitative estimate of drug-likeness (QED) is 0.473. The van der Waals surface area contributed by atoms with E-state index in [1.165, 1.54) is 16.5 Å². The highest BCUT2D eigenvalue weighted by Crippen LogP contribution is 2.32. The van der Waals surface area contributed by atoms with Gasteiger partial charge >= 0.3 is 0 Å². The van der Waals surface area contributed by atoms with Gasteiger partial charge in [0.15, 0.2) is 5.76 Å². The van der Waals surface area contributed by atoms with Gasteiger partial charge in [-0.25, -0.2) is 0 Å². The monoisotopic (exact) mass is 477 g/mol. The third kappa shape index (κ3) is 4.82. The number of fused-ring (bicyclic) bond motifs is 2. The maximum Gasteiger partial charge on any atom is 0.286 e. The number of ether oxygens (including phenoxy) is 1. The number of benzene rings is 2. The van der Waals surface area contributed by atoms with Gasteiger partial charge < -0.3 is 20.4 Å². The van der Waals surface area contributed by atoms with Gasteiger partial charge in [-0.2, -0.15) is 0 Å². The molecule has 2 aliphatic rings. The summed E-state index contributed by atoms with van der Waals surface area (Å²) < 4.78 is 6.03. The summed E-state index contributed by atoms with van der Waals surface area (Å²) in [6.45, 7) is 2.66. The first-order valence-electron chi connectivity index (χ1n) is 11.8. The van der Waals surface area contributed by atoms with E-state index in [4.69, 9.17) is 16.3 Å². The number of rotatable bonds is 5. The van der Waals surface area contributed by atoms with Crippen molar-refractivity contribution in [3.8, 4) is 0 Å². The van der Waals surface area contributed by atoms with Gasteiger partial charge in [0.2, 0.25) is 5.91 Å². The van der Waals surface area contributed by atoms with Crippen LogP contribution in [-0.4, -0.2) is 35.5 Å². The van der Waals surface area contributed by atoms with E-state index in [2.05, 4.69) is 40.7 Å². The van der Waals surface area contributed by atoms with Crippen molar-refractivity contribution in [2.75, 3.05) is 6.54 Å². The molecule has 3 N–H and O–H groups in total. The van der Waals surface area contributed by atoms with Crippen LogP contribution in [-0.2, 0) is 20.7 Å². The van der Waals surface area contributed by atoms with Gasteiger partial charge in [0, 0.05) is 34.6 Å². The number of halogens is 1. The second kappa shape index (κ2) is 9.55. The van der Waals surface area contributed by atoms with Crippen LogP contribution in [0.3, 0.4) is 0 Å². The topological polar surface area (TPSA) is 83.2 Å². The standard InChI is InChI=1S/C27H28ClN3O3/c1-16-5-7-22-21(11-16)19(15-30-22)9-10-29-26(32)18-6-8-24-23(14-18)31-27(33)25(34-24)13-17-3-2-4-20(28)12-17/h2-5,7,11-13,15,18,23-24,30H,6,8-10,14H2,1H3,(H,29,32)(H,31,33)/b25-13-. The average molecular weight is 478 g/mol. The molecule has 3 aromatic rings. The largest absolute Gasteiger partial charge is 0.483 e. The number of aryl methyl sites for hydroxylation is 1. The van der Waals surface area contributed by atoms with Crippen molar-refractivity contribution in [3.05, 3.63) is 76.1 Å². The molecule has 3 atom stereocenters. The van der Waals surface area contributed by atoms with E-state index in [1.54, 1.807) is 18.2 Å². The zero-order valence-corrected chi connectivity index (χ0v) is 19.8. The molecule has 2 fully saturated rings. The van der Waals surface area contributed by atoms with Crippen LogP contribution in [0.4, 0.5) is 0 Å². The number of morpholine rings is 1. The molecule has 176 valence electrons. The van der Waals surface area contributed by atoms with Crippen molar-refractivity contribution in [1.82, 2.24) is 15.6 Å². The van der Waals surface area contributed by atoms with Crippen LogP contribution in [0.15, 0.2) is 54.4 Å². The van der Waals surface area contributed by atoms with Gasteiger partial charge in [-0.05, 0) is 74.1 Å². The third-order valence-electron chi connectivity index (χ3n) is 6.74. The number of aromatic amines is 1. The first-order chi connectivity index (χ1) is 16.5. The second-order valence-electron chi connectivity index (χ2n) is 9.21. The van der Waals surface area contributed by atoms with E-state index in [1.807, 2.05) is 18.3 Å². The highest BCUT2D eigenvalue weighted by Gasteiger charge is 2.40. The number of amides is 2. The summed E-state index contributed by atoms with van der Waals surface area (Å²) in [6, 6.07) is 13.5. The molecule has 2 heterocycles. The van der Waals surface area contributed by atoms with Crippen LogP contribution in [0.25, 0.3) is 17.0 Å². The number of hydrogen-bond donors (Lipinski definition) is 3. The molecule has 1 aliphatic heterocycles. The highest BCUT2D eigenvalue weighted by molar-refractivity contribution is 6.30. The highest BCUT2D eigenvalue weighted by atomic mass is 35.5. The van der Waals surface area contributed by atoms with Crippen molar-refractivity contribution in [3.63, 3.8) is 0 Å². The molecule has 1 saturated heterocycles. The normalized spacial score (nSPS) is 23.3. The minimum atomic E-state index is -0.253. The number of aromatic nitrogens is 1. The van der Waals surface area contributed by atoms with Gasteiger partial charge in [-0.15, -0.1) is 0 Å².